The van der Waals surface area contributed by atoms with E-state index in [-0.39, 0.29) is 6.54 Å². The quantitative estimate of drug-likeness (QED) is 0.778. The summed E-state index contributed by atoms with van der Waals surface area (Å²) < 4.78 is 26.2. The standard InChI is InChI=1S/C10H12F2N4/c11-7-1-2-9(8(12)5-7)16-4-3-14-10(6-13)15-16/h1-2,5H,3-4,6,13H2,(H,14,15). The lowest BCUT2D eigenvalue weighted by Gasteiger charge is -2.29. The molecular formula is C10H12F2N4. The van der Waals surface area contributed by atoms with Crippen LogP contribution in [0.1, 0.15) is 0 Å². The Morgan fingerprint density at radius 3 is 2.94 bits per heavy atom. The first-order valence-corrected chi connectivity index (χ1v) is 4.93. The number of benzene rings is 1. The molecule has 6 heteroatoms. The molecule has 0 bridgehead atoms. The van der Waals surface area contributed by atoms with E-state index >= 15 is 0 Å². The zero-order chi connectivity index (χ0) is 11.5. The molecule has 86 valence electrons. The predicted octanol–water partition coefficient (Wildman–Crippen LogP) is 0.647. The van der Waals surface area contributed by atoms with Crippen LogP contribution in [0.2, 0.25) is 0 Å². The molecule has 1 aliphatic heterocycles. The molecule has 0 aliphatic carbocycles. The molecule has 2 rings (SSSR count). The fourth-order valence-electron chi connectivity index (χ4n) is 1.52. The maximum atomic E-state index is 13.5. The molecule has 16 heavy (non-hydrogen) atoms. The van der Waals surface area contributed by atoms with E-state index in [9.17, 15) is 8.78 Å². The lowest BCUT2D eigenvalue weighted by Crippen LogP contribution is -2.50. The van der Waals surface area contributed by atoms with Crippen molar-refractivity contribution in [1.29, 1.82) is 0 Å². The van der Waals surface area contributed by atoms with E-state index in [1.54, 1.807) is 5.01 Å². The zero-order valence-electron chi connectivity index (χ0n) is 8.58. The minimum atomic E-state index is -0.606. The van der Waals surface area contributed by atoms with E-state index in [4.69, 9.17) is 5.73 Å². The van der Waals surface area contributed by atoms with Gasteiger partial charge in [0.1, 0.15) is 11.7 Å². The molecule has 0 fully saturated rings. The maximum Gasteiger partial charge on any atom is 0.151 e. The number of aliphatic imine (C=N–C) groups is 1. The monoisotopic (exact) mass is 226 g/mol. The number of nitrogens with zero attached hydrogens (tertiary/aromatic N) is 2. The lowest BCUT2D eigenvalue weighted by atomic mass is 10.3. The third-order valence-corrected chi connectivity index (χ3v) is 2.28. The van der Waals surface area contributed by atoms with E-state index in [1.165, 1.54) is 12.1 Å². The van der Waals surface area contributed by atoms with Crippen LogP contribution in [0.15, 0.2) is 23.2 Å². The summed E-state index contributed by atoms with van der Waals surface area (Å²) in [6.45, 7) is 1.32. The first-order chi connectivity index (χ1) is 7.70. The van der Waals surface area contributed by atoms with Crippen molar-refractivity contribution in [1.82, 2.24) is 5.43 Å². The highest BCUT2D eigenvalue weighted by molar-refractivity contribution is 5.86. The molecule has 1 heterocycles. The van der Waals surface area contributed by atoms with Gasteiger partial charge in [0, 0.05) is 6.07 Å². The molecule has 0 amide bonds. The third-order valence-electron chi connectivity index (χ3n) is 2.28. The van der Waals surface area contributed by atoms with Gasteiger partial charge in [-0.15, -0.1) is 0 Å². The van der Waals surface area contributed by atoms with Crippen LogP contribution in [0.25, 0.3) is 0 Å². The molecule has 0 saturated carbocycles. The van der Waals surface area contributed by atoms with Crippen molar-refractivity contribution < 1.29 is 8.78 Å². The molecule has 0 aromatic heterocycles. The molecular weight excluding hydrogens is 214 g/mol. The van der Waals surface area contributed by atoms with Gasteiger partial charge < -0.3 is 5.73 Å². The summed E-state index contributed by atoms with van der Waals surface area (Å²) in [6.07, 6.45) is 0. The SMILES string of the molecule is NCC1=NCCN(c2ccc(F)cc2F)N1. The summed E-state index contributed by atoms with van der Waals surface area (Å²) >= 11 is 0. The van der Waals surface area contributed by atoms with Gasteiger partial charge in [0.05, 0.1) is 25.3 Å². The lowest BCUT2D eigenvalue weighted by molar-refractivity contribution is 0.573. The van der Waals surface area contributed by atoms with Crippen molar-refractivity contribution in [3.63, 3.8) is 0 Å². The molecule has 4 nitrogen and oxygen atoms in total. The highest BCUT2D eigenvalue weighted by Crippen LogP contribution is 2.19. The summed E-state index contributed by atoms with van der Waals surface area (Å²) in [6, 6.07) is 3.45. The first kappa shape index (κ1) is 10.8. The van der Waals surface area contributed by atoms with Crippen LogP contribution in [-0.4, -0.2) is 25.5 Å². The Morgan fingerprint density at radius 2 is 2.25 bits per heavy atom. The Labute approximate surface area is 91.7 Å². The topological polar surface area (TPSA) is 53.6 Å². The first-order valence-electron chi connectivity index (χ1n) is 4.93. The minimum absolute atomic E-state index is 0.263. The highest BCUT2D eigenvalue weighted by atomic mass is 19.1. The van der Waals surface area contributed by atoms with Crippen LogP contribution >= 0.6 is 0 Å². The molecule has 1 aromatic carbocycles. The van der Waals surface area contributed by atoms with Gasteiger partial charge in [0.2, 0.25) is 0 Å². The molecule has 0 atom stereocenters. The van der Waals surface area contributed by atoms with E-state index in [1.807, 2.05) is 0 Å². The van der Waals surface area contributed by atoms with Gasteiger partial charge in [-0.05, 0) is 12.1 Å². The van der Waals surface area contributed by atoms with Crippen LogP contribution in [0.3, 0.4) is 0 Å². The Bertz CT molecular complexity index is 419. The van der Waals surface area contributed by atoms with E-state index < -0.39 is 11.6 Å². The Hall–Kier alpha value is -1.69. The van der Waals surface area contributed by atoms with Crippen molar-refractivity contribution in [2.45, 2.75) is 0 Å². The smallest absolute Gasteiger partial charge is 0.151 e. The molecule has 1 aliphatic rings. The van der Waals surface area contributed by atoms with Crippen molar-refractivity contribution in [3.05, 3.63) is 29.8 Å². The Kier molecular flexibility index (Phi) is 3.00. The number of hydrogen-bond acceptors (Lipinski definition) is 4. The highest BCUT2D eigenvalue weighted by Gasteiger charge is 2.16. The maximum absolute atomic E-state index is 13.5. The van der Waals surface area contributed by atoms with E-state index in [0.717, 1.165) is 6.07 Å². The van der Waals surface area contributed by atoms with Crippen molar-refractivity contribution in [3.8, 4) is 0 Å². The number of rotatable bonds is 2. The van der Waals surface area contributed by atoms with E-state index in [2.05, 4.69) is 10.4 Å². The normalized spacial score (nSPS) is 15.7. The Balaban J connectivity index is 2.22. The average molecular weight is 226 g/mol. The number of hydrogen-bond donors (Lipinski definition) is 2. The summed E-state index contributed by atoms with van der Waals surface area (Å²) in [5.41, 5.74) is 8.60. The number of amidine groups is 1. The second kappa shape index (κ2) is 4.44. The molecule has 0 spiro atoms. The van der Waals surface area contributed by atoms with Gasteiger partial charge in [-0.3, -0.25) is 15.4 Å². The summed E-state index contributed by atoms with van der Waals surface area (Å²) in [4.78, 5) is 4.11. The van der Waals surface area contributed by atoms with Gasteiger partial charge in [-0.2, -0.15) is 0 Å². The fraction of sp³-hybridized carbons (Fsp3) is 0.300. The van der Waals surface area contributed by atoms with Crippen LogP contribution in [-0.2, 0) is 0 Å². The van der Waals surface area contributed by atoms with Crippen LogP contribution in [0, 0.1) is 11.6 Å². The van der Waals surface area contributed by atoms with Crippen molar-refractivity contribution in [2.24, 2.45) is 10.7 Å². The number of anilines is 1. The van der Waals surface area contributed by atoms with Gasteiger partial charge in [0.25, 0.3) is 0 Å². The molecule has 1 aromatic rings. The van der Waals surface area contributed by atoms with Crippen molar-refractivity contribution in [2.75, 3.05) is 24.6 Å². The molecule has 3 N–H and O–H groups in total. The summed E-state index contributed by atoms with van der Waals surface area (Å²) in [7, 11) is 0. The van der Waals surface area contributed by atoms with Gasteiger partial charge in [-0.25, -0.2) is 8.78 Å². The largest absolute Gasteiger partial charge is 0.324 e. The molecule has 0 radical (unpaired) electrons. The van der Waals surface area contributed by atoms with Crippen LogP contribution in [0.4, 0.5) is 14.5 Å². The minimum Gasteiger partial charge on any atom is -0.324 e. The van der Waals surface area contributed by atoms with Gasteiger partial charge >= 0.3 is 0 Å². The summed E-state index contributed by atoms with van der Waals surface area (Å²) in [5, 5.41) is 1.57. The molecule has 0 unspecified atom stereocenters. The fourth-order valence-corrected chi connectivity index (χ4v) is 1.52. The second-order valence-corrected chi connectivity index (χ2v) is 3.39. The molecule has 0 saturated heterocycles. The number of nitrogens with two attached hydrogens (primary N) is 1. The Morgan fingerprint density at radius 1 is 1.44 bits per heavy atom. The third kappa shape index (κ3) is 2.11. The average Bonchev–Trinajstić information content (AvgIpc) is 2.29. The van der Waals surface area contributed by atoms with Crippen LogP contribution < -0.4 is 16.2 Å². The second-order valence-electron chi connectivity index (χ2n) is 3.39. The van der Waals surface area contributed by atoms with Crippen LogP contribution in [0.5, 0.6) is 0 Å². The number of hydrazine groups is 1. The van der Waals surface area contributed by atoms with Crippen molar-refractivity contribution >= 4 is 11.5 Å². The number of nitrogens with one attached hydrogen (secondary N) is 1. The summed E-state index contributed by atoms with van der Waals surface area (Å²) in [5.74, 6) is -0.605. The van der Waals surface area contributed by atoms with Gasteiger partial charge in [0.15, 0.2) is 5.82 Å². The van der Waals surface area contributed by atoms with Gasteiger partial charge in [-0.1, -0.05) is 0 Å². The number of halogens is 2. The van der Waals surface area contributed by atoms with E-state index in [0.29, 0.717) is 24.6 Å². The predicted molar refractivity (Wildman–Crippen MR) is 58.2 cm³/mol. The zero-order valence-corrected chi connectivity index (χ0v) is 8.58.